The Labute approximate surface area is 204 Å². The van der Waals surface area contributed by atoms with Crippen LogP contribution in [0.15, 0.2) is 77.7 Å². The van der Waals surface area contributed by atoms with E-state index in [4.69, 9.17) is 16.3 Å². The second-order valence-electron chi connectivity index (χ2n) is 7.21. The molecular weight excluding hydrogens is 479 g/mol. The van der Waals surface area contributed by atoms with Crippen molar-refractivity contribution < 1.29 is 23.5 Å². The van der Waals surface area contributed by atoms with Gasteiger partial charge < -0.3 is 10.1 Å². The Bertz CT molecular complexity index is 1300. The van der Waals surface area contributed by atoms with Gasteiger partial charge in [-0.25, -0.2) is 4.39 Å². The van der Waals surface area contributed by atoms with Gasteiger partial charge in [0.05, 0.1) is 22.2 Å². The van der Waals surface area contributed by atoms with E-state index >= 15 is 0 Å². The average Bonchev–Trinajstić information content (AvgIpc) is 3.08. The summed E-state index contributed by atoms with van der Waals surface area (Å²) < 4.78 is 19.6. The highest BCUT2D eigenvalue weighted by atomic mass is 35.5. The number of imide groups is 1. The summed E-state index contributed by atoms with van der Waals surface area (Å²) >= 11 is 6.82. The zero-order chi connectivity index (χ0) is 24.1. The summed E-state index contributed by atoms with van der Waals surface area (Å²) in [5, 5.41) is 2.58. The van der Waals surface area contributed by atoms with Crippen LogP contribution >= 0.6 is 23.4 Å². The predicted molar refractivity (Wildman–Crippen MR) is 130 cm³/mol. The van der Waals surface area contributed by atoms with Gasteiger partial charge in [0.1, 0.15) is 11.6 Å². The first-order valence-electron chi connectivity index (χ1n) is 10.2. The molecule has 0 unspecified atom stereocenters. The Kier molecular flexibility index (Phi) is 7.30. The number of ether oxygens (including phenoxy) is 1. The number of halogens is 2. The van der Waals surface area contributed by atoms with Crippen molar-refractivity contribution in [3.63, 3.8) is 0 Å². The highest BCUT2D eigenvalue weighted by Gasteiger charge is 2.35. The van der Waals surface area contributed by atoms with Gasteiger partial charge in [-0.3, -0.25) is 19.3 Å². The van der Waals surface area contributed by atoms with Gasteiger partial charge in [-0.05, 0) is 42.1 Å². The molecule has 9 heteroatoms. The van der Waals surface area contributed by atoms with Crippen molar-refractivity contribution in [2.24, 2.45) is 0 Å². The molecule has 34 heavy (non-hydrogen) atoms. The number of para-hydroxylation sites is 2. The molecule has 0 aromatic heterocycles. The minimum absolute atomic E-state index is 0.158. The standard InChI is InChI=1S/C25H18ClFN2O4S/c26-18-9-3-5-11-20(18)28-23(30)15-33-21-12-6-2-7-16(21)13-22-24(31)29(25(32)34-22)14-17-8-1-4-10-19(17)27/h1-13H,14-15H2,(H,28,30)/b22-13-. The Morgan fingerprint density at radius 3 is 2.53 bits per heavy atom. The summed E-state index contributed by atoms with van der Waals surface area (Å²) in [5.74, 6) is -1.06. The molecule has 0 saturated carbocycles. The van der Waals surface area contributed by atoms with Crippen LogP contribution in [0.25, 0.3) is 6.08 Å². The maximum atomic E-state index is 14.0. The van der Waals surface area contributed by atoms with Crippen molar-refractivity contribution in [2.75, 3.05) is 11.9 Å². The van der Waals surface area contributed by atoms with Crippen LogP contribution in [0.4, 0.5) is 14.9 Å². The SMILES string of the molecule is O=C(COc1ccccc1/C=C1\SC(=O)N(Cc2ccccc2F)C1=O)Nc1ccccc1Cl. The fraction of sp³-hybridized carbons (Fsp3) is 0.0800. The number of rotatable bonds is 7. The van der Waals surface area contributed by atoms with E-state index in [2.05, 4.69) is 5.32 Å². The molecule has 0 aliphatic carbocycles. The second-order valence-corrected chi connectivity index (χ2v) is 8.61. The van der Waals surface area contributed by atoms with Crippen molar-refractivity contribution in [1.29, 1.82) is 0 Å². The largest absolute Gasteiger partial charge is 0.483 e. The highest BCUT2D eigenvalue weighted by molar-refractivity contribution is 8.18. The molecule has 3 amide bonds. The fourth-order valence-corrected chi connectivity index (χ4v) is 4.21. The molecular formula is C25H18ClFN2O4S. The number of benzene rings is 3. The maximum Gasteiger partial charge on any atom is 0.293 e. The van der Waals surface area contributed by atoms with E-state index in [1.807, 2.05) is 0 Å². The molecule has 1 heterocycles. The number of carbonyl (C=O) groups is 3. The number of nitrogens with zero attached hydrogens (tertiary/aromatic N) is 1. The van der Waals surface area contributed by atoms with Gasteiger partial charge in [-0.2, -0.15) is 0 Å². The summed E-state index contributed by atoms with van der Waals surface area (Å²) in [6, 6.07) is 19.6. The van der Waals surface area contributed by atoms with E-state index < -0.39 is 22.9 Å². The first-order valence-corrected chi connectivity index (χ1v) is 11.4. The molecule has 0 atom stereocenters. The van der Waals surface area contributed by atoms with E-state index in [9.17, 15) is 18.8 Å². The number of nitrogens with one attached hydrogen (secondary N) is 1. The van der Waals surface area contributed by atoms with E-state index in [0.29, 0.717) is 22.0 Å². The number of hydrogen-bond acceptors (Lipinski definition) is 5. The van der Waals surface area contributed by atoms with Crippen LogP contribution in [0.2, 0.25) is 5.02 Å². The minimum atomic E-state index is -0.524. The lowest BCUT2D eigenvalue weighted by Gasteiger charge is -2.13. The first kappa shape index (κ1) is 23.5. The summed E-state index contributed by atoms with van der Waals surface area (Å²) in [6.07, 6.45) is 1.52. The van der Waals surface area contributed by atoms with E-state index in [-0.39, 0.29) is 23.6 Å². The van der Waals surface area contributed by atoms with E-state index in [1.165, 1.54) is 24.3 Å². The van der Waals surface area contributed by atoms with Crippen LogP contribution in [-0.4, -0.2) is 28.6 Å². The number of amides is 3. The maximum absolute atomic E-state index is 14.0. The van der Waals surface area contributed by atoms with E-state index in [1.54, 1.807) is 54.6 Å². The summed E-state index contributed by atoms with van der Waals surface area (Å²) in [5.41, 5.74) is 1.23. The fourth-order valence-electron chi connectivity index (χ4n) is 3.20. The predicted octanol–water partition coefficient (Wildman–Crippen LogP) is 5.73. The number of carbonyl (C=O) groups excluding carboxylic acids is 3. The van der Waals surface area contributed by atoms with Crippen LogP contribution in [0.3, 0.4) is 0 Å². The van der Waals surface area contributed by atoms with Crippen molar-refractivity contribution in [3.8, 4) is 5.75 Å². The molecule has 0 radical (unpaired) electrons. The lowest BCUT2D eigenvalue weighted by molar-refractivity contribution is -0.123. The van der Waals surface area contributed by atoms with Gasteiger partial charge in [0, 0.05) is 11.1 Å². The first-order chi connectivity index (χ1) is 16.4. The molecule has 1 N–H and O–H groups in total. The van der Waals surface area contributed by atoms with Crippen molar-refractivity contribution >= 4 is 52.2 Å². The molecule has 6 nitrogen and oxygen atoms in total. The van der Waals surface area contributed by atoms with Gasteiger partial charge in [-0.1, -0.05) is 60.1 Å². The number of thioether (sulfide) groups is 1. The van der Waals surface area contributed by atoms with Crippen molar-refractivity contribution in [2.45, 2.75) is 6.54 Å². The van der Waals surface area contributed by atoms with Crippen molar-refractivity contribution in [1.82, 2.24) is 4.90 Å². The molecule has 0 bridgehead atoms. The molecule has 172 valence electrons. The molecule has 1 fully saturated rings. The molecule has 0 spiro atoms. The van der Waals surface area contributed by atoms with E-state index in [0.717, 1.165) is 16.7 Å². The van der Waals surface area contributed by atoms with Crippen LogP contribution < -0.4 is 10.1 Å². The van der Waals surface area contributed by atoms with Gasteiger partial charge in [0.15, 0.2) is 6.61 Å². The third-order valence-corrected chi connectivity index (χ3v) is 6.11. The Morgan fingerprint density at radius 1 is 1.03 bits per heavy atom. The summed E-state index contributed by atoms with van der Waals surface area (Å²) in [7, 11) is 0. The third kappa shape index (κ3) is 5.47. The molecule has 3 aromatic rings. The normalized spacial score (nSPS) is 14.5. The van der Waals surface area contributed by atoms with Crippen molar-refractivity contribution in [3.05, 3.63) is 99.7 Å². The zero-order valence-electron chi connectivity index (χ0n) is 17.7. The summed E-state index contributed by atoms with van der Waals surface area (Å²) in [4.78, 5) is 38.7. The quantitative estimate of drug-likeness (QED) is 0.422. The Hall–Kier alpha value is -3.62. The van der Waals surface area contributed by atoms with Crippen LogP contribution in [0, 0.1) is 5.82 Å². The van der Waals surface area contributed by atoms with Crippen LogP contribution in [0.5, 0.6) is 5.75 Å². The van der Waals surface area contributed by atoms with Gasteiger partial charge in [0.25, 0.3) is 17.1 Å². The number of hydrogen-bond donors (Lipinski definition) is 1. The topological polar surface area (TPSA) is 75.7 Å². The minimum Gasteiger partial charge on any atom is -0.483 e. The zero-order valence-corrected chi connectivity index (χ0v) is 19.2. The third-order valence-electron chi connectivity index (χ3n) is 4.87. The molecule has 3 aromatic carbocycles. The Balaban J connectivity index is 1.46. The monoisotopic (exact) mass is 496 g/mol. The smallest absolute Gasteiger partial charge is 0.293 e. The van der Waals surface area contributed by atoms with Gasteiger partial charge in [0.2, 0.25) is 0 Å². The molecule has 1 aliphatic heterocycles. The molecule has 1 saturated heterocycles. The summed E-state index contributed by atoms with van der Waals surface area (Å²) in [6.45, 7) is -0.445. The average molecular weight is 497 g/mol. The van der Waals surface area contributed by atoms with Crippen LogP contribution in [0.1, 0.15) is 11.1 Å². The lowest BCUT2D eigenvalue weighted by atomic mass is 10.1. The highest BCUT2D eigenvalue weighted by Crippen LogP contribution is 2.35. The van der Waals surface area contributed by atoms with Crippen LogP contribution in [-0.2, 0) is 16.1 Å². The van der Waals surface area contributed by atoms with Gasteiger partial charge >= 0.3 is 0 Å². The Morgan fingerprint density at radius 2 is 1.74 bits per heavy atom. The van der Waals surface area contributed by atoms with Gasteiger partial charge in [-0.15, -0.1) is 0 Å². The lowest BCUT2D eigenvalue weighted by Crippen LogP contribution is -2.27. The second kappa shape index (κ2) is 10.5. The molecule has 4 rings (SSSR count). The molecule has 1 aliphatic rings. The number of anilines is 1.